The number of unbranched alkanes of at least 4 members (excludes halogenated alkanes) is 14. The predicted molar refractivity (Wildman–Crippen MR) is 109 cm³/mol. The number of rotatable bonds is 19. The molecule has 0 aliphatic carbocycles. The van der Waals surface area contributed by atoms with Crippen LogP contribution in [0.3, 0.4) is 0 Å². The van der Waals surface area contributed by atoms with E-state index >= 15 is 0 Å². The molecule has 0 atom stereocenters. The van der Waals surface area contributed by atoms with Gasteiger partial charge in [-0.05, 0) is 12.8 Å². The second kappa shape index (κ2) is 27.4. The van der Waals surface area contributed by atoms with Gasteiger partial charge in [0.1, 0.15) is 0 Å². The third-order valence-corrected chi connectivity index (χ3v) is 4.54. The quantitative estimate of drug-likeness (QED) is 0.242. The topological polar surface area (TPSA) is 115 Å². The van der Waals surface area contributed by atoms with Crippen molar-refractivity contribution in [2.24, 2.45) is 0 Å². The Kier molecular flexibility index (Phi) is 31.2. The van der Waals surface area contributed by atoms with E-state index in [-0.39, 0.29) is 36.0 Å². The molecule has 0 spiro atoms. The van der Waals surface area contributed by atoms with Crippen molar-refractivity contribution in [3.8, 4) is 0 Å². The van der Waals surface area contributed by atoms with E-state index in [9.17, 15) is 19.5 Å². The van der Waals surface area contributed by atoms with E-state index < -0.39 is 24.3 Å². The van der Waals surface area contributed by atoms with E-state index in [4.69, 9.17) is 10.2 Å². The van der Waals surface area contributed by atoms with E-state index in [1.54, 1.807) is 0 Å². The summed E-state index contributed by atoms with van der Waals surface area (Å²) in [4.78, 5) is 29.5. The smallest absolute Gasteiger partial charge is 0.550 e. The maximum atomic E-state index is 10.3. The van der Waals surface area contributed by atoms with Gasteiger partial charge in [0.05, 0.1) is 6.42 Å². The number of carboxylic acids is 3. The van der Waals surface area contributed by atoms with Crippen LogP contribution in [0.4, 0.5) is 0 Å². The summed E-state index contributed by atoms with van der Waals surface area (Å²) in [6.45, 7) is 2.27. The largest absolute Gasteiger partial charge is 1.00 e. The summed E-state index contributed by atoms with van der Waals surface area (Å²) < 4.78 is 0. The van der Waals surface area contributed by atoms with Crippen LogP contribution in [0.2, 0.25) is 0 Å². The molecule has 0 unspecified atom stereocenters. The van der Waals surface area contributed by atoms with Crippen LogP contribution < -0.4 is 34.7 Å². The van der Waals surface area contributed by atoms with Gasteiger partial charge in [-0.1, -0.05) is 96.8 Å². The van der Waals surface area contributed by atoms with E-state index in [1.165, 1.54) is 83.5 Å². The Hall–Kier alpha value is -0.590. The second-order valence-electron chi connectivity index (χ2n) is 7.36. The number of carbonyl (C=O) groups excluding carboxylic acids is 1. The van der Waals surface area contributed by atoms with Crippen molar-refractivity contribution < 1.29 is 59.3 Å². The summed E-state index contributed by atoms with van der Waals surface area (Å²) in [6.07, 6.45) is 19.4. The number of hydrogen-bond donors (Lipinski definition) is 2. The van der Waals surface area contributed by atoms with Gasteiger partial charge in [0, 0.05) is 12.4 Å². The number of carbonyl (C=O) groups is 3. The molecule has 0 radical (unpaired) electrons. The molecule has 0 amide bonds. The fraction of sp³-hybridized carbons (Fsp3) is 0.864. The number of hydrogen-bond acceptors (Lipinski definition) is 4. The van der Waals surface area contributed by atoms with Crippen LogP contribution in [0.15, 0.2) is 0 Å². The molecule has 0 aromatic carbocycles. The normalized spacial score (nSPS) is 9.83. The minimum atomic E-state index is -1.33. The molecular formula is C22H41NaO6. The molecule has 0 aromatic heterocycles. The molecule has 0 bridgehead atoms. The molecule has 166 valence electrons. The first-order valence-corrected chi connectivity index (χ1v) is 11.0. The Morgan fingerprint density at radius 2 is 0.862 bits per heavy atom. The van der Waals surface area contributed by atoms with Crippen molar-refractivity contribution in [1.82, 2.24) is 0 Å². The average molecular weight is 425 g/mol. The third-order valence-electron chi connectivity index (χ3n) is 4.54. The molecule has 7 heteroatoms. The fourth-order valence-corrected chi connectivity index (χ4v) is 2.86. The molecule has 2 N–H and O–H groups in total. The van der Waals surface area contributed by atoms with Gasteiger partial charge in [0.2, 0.25) is 0 Å². The molecular weight excluding hydrogens is 383 g/mol. The molecule has 0 fully saturated rings. The monoisotopic (exact) mass is 424 g/mol. The summed E-state index contributed by atoms with van der Waals surface area (Å²) in [6, 6.07) is 0. The zero-order valence-corrected chi connectivity index (χ0v) is 20.8. The Labute approximate surface area is 199 Å². The van der Waals surface area contributed by atoms with Gasteiger partial charge in [-0.25, -0.2) is 0 Å². The van der Waals surface area contributed by atoms with E-state index in [0.717, 1.165) is 12.8 Å². The maximum Gasteiger partial charge on any atom is 1.00 e. The first-order chi connectivity index (χ1) is 13.4. The van der Waals surface area contributed by atoms with Crippen LogP contribution in [0, 0.1) is 0 Å². The SMILES string of the molecule is CCCCCCCCCCCCCCCCCC(=O)O.O=C([O-])CCC(=O)O.[Na+]. The van der Waals surface area contributed by atoms with Gasteiger partial charge in [-0.3, -0.25) is 9.59 Å². The van der Waals surface area contributed by atoms with Gasteiger partial charge >= 0.3 is 41.5 Å². The van der Waals surface area contributed by atoms with Crippen molar-refractivity contribution in [3.63, 3.8) is 0 Å². The van der Waals surface area contributed by atoms with Crippen LogP contribution >= 0.6 is 0 Å². The van der Waals surface area contributed by atoms with Gasteiger partial charge in [-0.15, -0.1) is 0 Å². The molecule has 6 nitrogen and oxygen atoms in total. The molecule has 29 heavy (non-hydrogen) atoms. The molecule has 0 saturated heterocycles. The fourth-order valence-electron chi connectivity index (χ4n) is 2.86. The van der Waals surface area contributed by atoms with Crippen molar-refractivity contribution >= 4 is 17.9 Å². The van der Waals surface area contributed by atoms with Crippen LogP contribution in [-0.4, -0.2) is 28.1 Å². The van der Waals surface area contributed by atoms with E-state index in [1.807, 2.05) is 0 Å². The molecule has 0 aliphatic rings. The van der Waals surface area contributed by atoms with Crippen LogP contribution in [0.5, 0.6) is 0 Å². The van der Waals surface area contributed by atoms with E-state index in [2.05, 4.69) is 6.92 Å². The first-order valence-electron chi connectivity index (χ1n) is 11.0. The minimum Gasteiger partial charge on any atom is -0.550 e. The van der Waals surface area contributed by atoms with Gasteiger partial charge < -0.3 is 20.1 Å². The Balaban J connectivity index is -0.000000636. The minimum absolute atomic E-state index is 0. The maximum absolute atomic E-state index is 10.3. The summed E-state index contributed by atoms with van der Waals surface area (Å²) in [7, 11) is 0. The van der Waals surface area contributed by atoms with Crippen LogP contribution in [0.25, 0.3) is 0 Å². The second-order valence-corrected chi connectivity index (χ2v) is 7.36. The summed E-state index contributed by atoms with van der Waals surface area (Å²) in [5.41, 5.74) is 0. The van der Waals surface area contributed by atoms with Crippen LogP contribution in [0.1, 0.15) is 122 Å². The first kappa shape index (κ1) is 33.1. The Morgan fingerprint density at radius 3 is 1.10 bits per heavy atom. The summed E-state index contributed by atoms with van der Waals surface area (Å²) in [5, 5.41) is 25.9. The van der Waals surface area contributed by atoms with Crippen molar-refractivity contribution in [3.05, 3.63) is 0 Å². The van der Waals surface area contributed by atoms with Gasteiger partial charge in [0.15, 0.2) is 0 Å². The van der Waals surface area contributed by atoms with Crippen molar-refractivity contribution in [2.75, 3.05) is 0 Å². The number of carboxylic acid groups (broad SMARTS) is 3. The predicted octanol–water partition coefficient (Wildman–Crippen LogP) is 1.94. The van der Waals surface area contributed by atoms with Crippen LogP contribution in [-0.2, 0) is 14.4 Å². The van der Waals surface area contributed by atoms with Gasteiger partial charge in [-0.2, -0.15) is 0 Å². The number of aliphatic carboxylic acids is 3. The Morgan fingerprint density at radius 1 is 0.552 bits per heavy atom. The molecule has 0 aromatic rings. The summed E-state index contributed by atoms with van der Waals surface area (Å²) >= 11 is 0. The molecule has 0 aliphatic heterocycles. The van der Waals surface area contributed by atoms with Crippen molar-refractivity contribution in [2.45, 2.75) is 122 Å². The average Bonchev–Trinajstić information content (AvgIpc) is 2.63. The zero-order chi connectivity index (χ0) is 21.5. The molecule has 0 saturated carbocycles. The molecule has 0 heterocycles. The van der Waals surface area contributed by atoms with Gasteiger partial charge in [0.25, 0.3) is 0 Å². The van der Waals surface area contributed by atoms with Crippen molar-refractivity contribution in [1.29, 1.82) is 0 Å². The van der Waals surface area contributed by atoms with E-state index in [0.29, 0.717) is 6.42 Å². The standard InChI is InChI=1S/C18H36O2.C4H6O4.Na/c1-2-3-4-5-6-7-8-9-10-11-12-13-14-15-16-17-18(19)20;5-3(6)1-2-4(7)8;/h2-17H2,1H3,(H,19,20);1-2H2,(H,5,6)(H,7,8);/q;;+1/p-1. The summed E-state index contributed by atoms with van der Waals surface area (Å²) in [5.74, 6) is -3.10. The Bertz CT molecular complexity index is 373. The third kappa shape index (κ3) is 38.6. The zero-order valence-electron chi connectivity index (χ0n) is 18.8. The molecule has 0 rings (SSSR count).